The second-order valence-electron chi connectivity index (χ2n) is 8.07. The number of aryl methyl sites for hydroxylation is 1. The molecular formula is C22H22N2O5S2. The number of nitrogens with zero attached hydrogens (tertiary/aromatic N) is 2. The average Bonchev–Trinajstić information content (AvgIpc) is 3.37. The first-order valence-electron chi connectivity index (χ1n) is 10.1. The van der Waals surface area contributed by atoms with Crippen LogP contribution >= 0.6 is 11.8 Å². The first-order valence-corrected chi connectivity index (χ1v) is 12.8. The molecule has 2 saturated heterocycles. The number of amides is 1. The largest absolute Gasteiger partial charge is 0.454 e. The van der Waals surface area contributed by atoms with Crippen LogP contribution in [0.1, 0.15) is 16.7 Å². The summed E-state index contributed by atoms with van der Waals surface area (Å²) in [7, 11) is -3.09. The van der Waals surface area contributed by atoms with Gasteiger partial charge >= 0.3 is 0 Å². The maximum Gasteiger partial charge on any atom is 0.252 e. The zero-order valence-electron chi connectivity index (χ0n) is 17.0. The summed E-state index contributed by atoms with van der Waals surface area (Å²) in [6.07, 6.45) is 0.218. The van der Waals surface area contributed by atoms with E-state index in [2.05, 4.69) is 4.99 Å². The highest BCUT2D eigenvalue weighted by Crippen LogP contribution is 2.40. The van der Waals surface area contributed by atoms with E-state index < -0.39 is 9.84 Å². The number of hydrogen-bond acceptors (Lipinski definition) is 6. The van der Waals surface area contributed by atoms with Crippen molar-refractivity contribution in [3.05, 3.63) is 59.2 Å². The van der Waals surface area contributed by atoms with Gasteiger partial charge in [0, 0.05) is 11.8 Å². The van der Waals surface area contributed by atoms with Crippen LogP contribution in [0.4, 0.5) is 0 Å². The van der Waals surface area contributed by atoms with Crippen molar-refractivity contribution < 1.29 is 22.7 Å². The summed E-state index contributed by atoms with van der Waals surface area (Å²) < 4.78 is 35.3. The van der Waals surface area contributed by atoms with Crippen LogP contribution in [0, 0.1) is 6.92 Å². The summed E-state index contributed by atoms with van der Waals surface area (Å²) in [5, 5.41) is 0.490. The third-order valence-corrected chi connectivity index (χ3v) is 8.91. The fourth-order valence-corrected chi connectivity index (χ4v) is 8.05. The Morgan fingerprint density at radius 2 is 1.84 bits per heavy atom. The Morgan fingerprint density at radius 1 is 1.10 bits per heavy atom. The number of ether oxygens (including phenoxy) is 2. The Bertz CT molecular complexity index is 1160. The highest BCUT2D eigenvalue weighted by molar-refractivity contribution is 8.15. The van der Waals surface area contributed by atoms with E-state index in [4.69, 9.17) is 9.47 Å². The number of sulfone groups is 1. The molecule has 0 unspecified atom stereocenters. The maximum absolute atomic E-state index is 12.7. The zero-order chi connectivity index (χ0) is 21.6. The van der Waals surface area contributed by atoms with Crippen LogP contribution in [-0.4, -0.2) is 54.0 Å². The van der Waals surface area contributed by atoms with Crippen LogP contribution in [0.5, 0.6) is 11.5 Å². The number of carbonyl (C=O) groups excluding carboxylic acids is 1. The van der Waals surface area contributed by atoms with Crippen LogP contribution in [-0.2, 0) is 27.6 Å². The van der Waals surface area contributed by atoms with Crippen molar-refractivity contribution in [3.63, 3.8) is 0 Å². The van der Waals surface area contributed by atoms with Crippen molar-refractivity contribution in [2.45, 2.75) is 31.2 Å². The fraction of sp³-hybridized carbons (Fsp3) is 0.364. The zero-order valence-corrected chi connectivity index (χ0v) is 18.6. The van der Waals surface area contributed by atoms with Gasteiger partial charge in [0.05, 0.1) is 24.0 Å². The van der Waals surface area contributed by atoms with Gasteiger partial charge in [-0.15, -0.1) is 0 Å². The molecule has 7 nitrogen and oxygen atoms in total. The summed E-state index contributed by atoms with van der Waals surface area (Å²) in [6, 6.07) is 13.3. The molecule has 0 spiro atoms. The molecule has 2 fully saturated rings. The Balaban J connectivity index is 1.39. The molecule has 0 N–H and O–H groups in total. The minimum Gasteiger partial charge on any atom is -0.454 e. The number of amidine groups is 1. The molecule has 3 aliphatic rings. The number of benzene rings is 2. The van der Waals surface area contributed by atoms with Crippen molar-refractivity contribution in [1.82, 2.24) is 4.90 Å². The molecule has 0 radical (unpaired) electrons. The molecule has 0 saturated carbocycles. The number of thioether (sulfide) groups is 1. The number of aliphatic imine (C=N–C) groups is 1. The van der Waals surface area contributed by atoms with E-state index in [9.17, 15) is 13.2 Å². The maximum atomic E-state index is 12.7. The van der Waals surface area contributed by atoms with Crippen molar-refractivity contribution in [1.29, 1.82) is 0 Å². The standard InChI is InChI=1S/C22H22N2O5S2/c1-14-2-4-15(5-3-14)9-21(25)23-22-24(17-11-31(26,27)12-20(17)30-22)10-16-6-7-18-19(8-16)29-13-28-18/h2-8,17,20H,9-13H2,1H3/t17-,20-/m1/s1. The van der Waals surface area contributed by atoms with Crippen molar-refractivity contribution in [3.8, 4) is 11.5 Å². The van der Waals surface area contributed by atoms with Gasteiger partial charge in [0.15, 0.2) is 26.5 Å². The molecule has 5 rings (SSSR count). The van der Waals surface area contributed by atoms with Crippen LogP contribution in [0.3, 0.4) is 0 Å². The lowest BCUT2D eigenvalue weighted by Gasteiger charge is -2.24. The van der Waals surface area contributed by atoms with Crippen molar-refractivity contribution >= 4 is 32.7 Å². The lowest BCUT2D eigenvalue weighted by molar-refractivity contribution is -0.117. The minimum atomic E-state index is -3.09. The van der Waals surface area contributed by atoms with Crippen LogP contribution in [0.15, 0.2) is 47.5 Å². The molecule has 0 aliphatic carbocycles. The van der Waals surface area contributed by atoms with Gasteiger partial charge in [0.1, 0.15) is 0 Å². The highest BCUT2D eigenvalue weighted by Gasteiger charge is 2.48. The molecular weight excluding hydrogens is 436 g/mol. The van der Waals surface area contributed by atoms with Crippen LogP contribution in [0.25, 0.3) is 0 Å². The van der Waals surface area contributed by atoms with Gasteiger partial charge in [0.2, 0.25) is 6.79 Å². The Hall–Kier alpha value is -2.52. The molecule has 162 valence electrons. The number of rotatable bonds is 4. The highest BCUT2D eigenvalue weighted by atomic mass is 32.2. The number of hydrogen-bond donors (Lipinski definition) is 0. The molecule has 2 aromatic carbocycles. The summed E-state index contributed by atoms with van der Waals surface area (Å²) in [5.41, 5.74) is 3.00. The summed E-state index contributed by atoms with van der Waals surface area (Å²) in [5.74, 6) is 1.34. The van der Waals surface area contributed by atoms with E-state index in [-0.39, 0.29) is 41.9 Å². The lowest BCUT2D eigenvalue weighted by atomic mass is 10.1. The minimum absolute atomic E-state index is 0.0837. The van der Waals surface area contributed by atoms with Crippen molar-refractivity contribution in [2.24, 2.45) is 4.99 Å². The third-order valence-electron chi connectivity index (χ3n) is 5.66. The number of carbonyl (C=O) groups is 1. The Morgan fingerprint density at radius 3 is 2.65 bits per heavy atom. The second kappa shape index (κ2) is 7.87. The predicted octanol–water partition coefficient (Wildman–Crippen LogP) is 2.56. The quantitative estimate of drug-likeness (QED) is 0.696. The summed E-state index contributed by atoms with van der Waals surface area (Å²) >= 11 is 1.40. The molecule has 0 bridgehead atoms. The molecule has 3 heterocycles. The molecule has 1 amide bonds. The van der Waals surface area contributed by atoms with E-state index in [1.807, 2.05) is 54.3 Å². The van der Waals surface area contributed by atoms with Crippen LogP contribution < -0.4 is 9.47 Å². The average molecular weight is 459 g/mol. The predicted molar refractivity (Wildman–Crippen MR) is 119 cm³/mol. The molecule has 9 heteroatoms. The van der Waals surface area contributed by atoms with Crippen LogP contribution in [0.2, 0.25) is 0 Å². The second-order valence-corrected chi connectivity index (χ2v) is 11.4. The van der Waals surface area contributed by atoms with E-state index in [1.54, 1.807) is 0 Å². The van der Waals surface area contributed by atoms with Gasteiger partial charge in [-0.1, -0.05) is 47.7 Å². The molecule has 0 aromatic heterocycles. The fourth-order valence-electron chi connectivity index (χ4n) is 4.08. The van der Waals surface area contributed by atoms with E-state index >= 15 is 0 Å². The topological polar surface area (TPSA) is 85.3 Å². The van der Waals surface area contributed by atoms with Gasteiger partial charge in [-0.2, -0.15) is 4.99 Å². The normalized spacial score (nSPS) is 24.5. The van der Waals surface area contributed by atoms with Gasteiger partial charge in [-0.3, -0.25) is 4.79 Å². The number of fused-ring (bicyclic) bond motifs is 2. The van der Waals surface area contributed by atoms with E-state index in [0.29, 0.717) is 23.2 Å². The van der Waals surface area contributed by atoms with Gasteiger partial charge in [-0.25, -0.2) is 8.42 Å². The van der Waals surface area contributed by atoms with E-state index in [1.165, 1.54) is 11.8 Å². The van der Waals surface area contributed by atoms with E-state index in [0.717, 1.165) is 16.7 Å². The Labute approximate surface area is 185 Å². The molecule has 31 heavy (non-hydrogen) atoms. The molecule has 2 atom stereocenters. The Kier molecular flexibility index (Phi) is 5.18. The lowest BCUT2D eigenvalue weighted by Crippen LogP contribution is -2.37. The first-order chi connectivity index (χ1) is 14.9. The SMILES string of the molecule is Cc1ccc(CC(=O)N=C2S[C@@H]3CS(=O)(=O)C[C@H]3N2Cc2ccc3c(c2)OCO3)cc1. The molecule has 2 aromatic rings. The van der Waals surface area contributed by atoms with Gasteiger partial charge in [0.25, 0.3) is 5.91 Å². The van der Waals surface area contributed by atoms with Gasteiger partial charge < -0.3 is 14.4 Å². The first kappa shape index (κ1) is 20.4. The smallest absolute Gasteiger partial charge is 0.252 e. The van der Waals surface area contributed by atoms with Crippen molar-refractivity contribution in [2.75, 3.05) is 18.3 Å². The summed E-state index contributed by atoms with van der Waals surface area (Å²) in [6.45, 7) is 2.65. The summed E-state index contributed by atoms with van der Waals surface area (Å²) in [4.78, 5) is 19.0. The molecule has 3 aliphatic heterocycles. The van der Waals surface area contributed by atoms with Gasteiger partial charge in [-0.05, 0) is 30.2 Å². The monoisotopic (exact) mass is 458 g/mol. The third kappa shape index (κ3) is 4.29.